The van der Waals surface area contributed by atoms with Gasteiger partial charge in [0.25, 0.3) is 0 Å². The monoisotopic (exact) mass is 280 g/mol. The van der Waals surface area contributed by atoms with Crippen LogP contribution in [-0.2, 0) is 13.0 Å². The lowest BCUT2D eigenvalue weighted by molar-refractivity contribution is 0.359. The Labute approximate surface area is 118 Å². The molecule has 0 bridgehead atoms. The first kappa shape index (κ1) is 12.4. The first-order valence-electron chi connectivity index (χ1n) is 6.93. The van der Waals surface area contributed by atoms with Gasteiger partial charge in [-0.3, -0.25) is 0 Å². The van der Waals surface area contributed by atoms with Crippen LogP contribution in [0.1, 0.15) is 42.5 Å². The van der Waals surface area contributed by atoms with Crippen LogP contribution in [0, 0.1) is 0 Å². The molecule has 0 aromatic carbocycles. The molecule has 2 nitrogen and oxygen atoms in total. The van der Waals surface area contributed by atoms with Crippen LogP contribution in [0.2, 0.25) is 0 Å². The summed E-state index contributed by atoms with van der Waals surface area (Å²) < 4.78 is 0. The molecule has 0 amide bonds. The van der Waals surface area contributed by atoms with E-state index in [1.54, 1.807) is 4.88 Å². The predicted octanol–water partition coefficient (Wildman–Crippen LogP) is 3.31. The summed E-state index contributed by atoms with van der Waals surface area (Å²) in [6.45, 7) is 2.07. The molecule has 1 aliphatic carbocycles. The van der Waals surface area contributed by atoms with Crippen LogP contribution in [-0.4, -0.2) is 22.6 Å². The Balaban J connectivity index is 1.57. The molecule has 2 aliphatic rings. The summed E-state index contributed by atoms with van der Waals surface area (Å²) in [6.07, 6.45) is 7.84. The minimum atomic E-state index is 0.620. The lowest BCUT2D eigenvalue weighted by atomic mass is 9.96. The fourth-order valence-electron chi connectivity index (χ4n) is 2.93. The molecular weight excluding hydrogens is 260 g/mol. The van der Waals surface area contributed by atoms with Gasteiger partial charge in [0.1, 0.15) is 0 Å². The maximum atomic E-state index is 5.58. The van der Waals surface area contributed by atoms with E-state index in [0.29, 0.717) is 6.04 Å². The van der Waals surface area contributed by atoms with Crippen molar-refractivity contribution in [1.82, 2.24) is 10.2 Å². The smallest absolute Gasteiger partial charge is 0.169 e. The van der Waals surface area contributed by atoms with E-state index in [1.807, 2.05) is 11.3 Å². The van der Waals surface area contributed by atoms with E-state index in [-0.39, 0.29) is 0 Å². The number of hydrogen-bond donors (Lipinski definition) is 1. The first-order chi connectivity index (χ1) is 8.83. The maximum absolute atomic E-state index is 5.58. The van der Waals surface area contributed by atoms with Gasteiger partial charge in [0.15, 0.2) is 5.11 Å². The second-order valence-electron chi connectivity index (χ2n) is 5.32. The fourth-order valence-corrected chi connectivity index (χ4v) is 4.15. The van der Waals surface area contributed by atoms with E-state index in [4.69, 9.17) is 12.2 Å². The molecule has 2 heterocycles. The highest BCUT2D eigenvalue weighted by Gasteiger charge is 2.21. The highest BCUT2D eigenvalue weighted by atomic mass is 32.1. The van der Waals surface area contributed by atoms with Crippen LogP contribution in [0.5, 0.6) is 0 Å². The van der Waals surface area contributed by atoms with Crippen molar-refractivity contribution in [2.24, 2.45) is 0 Å². The van der Waals surface area contributed by atoms with Gasteiger partial charge in [-0.05, 0) is 48.5 Å². The molecule has 0 atom stereocenters. The van der Waals surface area contributed by atoms with E-state index in [9.17, 15) is 0 Å². The van der Waals surface area contributed by atoms with E-state index in [0.717, 1.165) is 24.6 Å². The molecule has 18 heavy (non-hydrogen) atoms. The Bertz CT molecular complexity index is 421. The number of rotatable bonds is 1. The third-order valence-electron chi connectivity index (χ3n) is 4.03. The van der Waals surface area contributed by atoms with Gasteiger partial charge >= 0.3 is 0 Å². The highest BCUT2D eigenvalue weighted by molar-refractivity contribution is 7.80. The molecule has 1 aromatic rings. The van der Waals surface area contributed by atoms with Crippen LogP contribution < -0.4 is 5.32 Å². The number of thiocarbonyl (C=S) groups is 1. The second-order valence-corrected chi connectivity index (χ2v) is 6.71. The molecule has 3 rings (SSSR count). The average Bonchev–Trinajstić information content (AvgIpc) is 2.87. The lowest BCUT2D eigenvalue weighted by Crippen LogP contribution is -2.46. The number of fused-ring (bicyclic) bond motifs is 1. The van der Waals surface area contributed by atoms with Crippen molar-refractivity contribution in [3.8, 4) is 0 Å². The zero-order chi connectivity index (χ0) is 12.4. The predicted molar refractivity (Wildman–Crippen MR) is 81.0 cm³/mol. The Morgan fingerprint density at radius 1 is 1.33 bits per heavy atom. The Hall–Kier alpha value is -0.610. The molecule has 0 unspecified atom stereocenters. The number of nitrogens with one attached hydrogen (secondary N) is 1. The van der Waals surface area contributed by atoms with Gasteiger partial charge in [-0.2, -0.15) is 0 Å². The summed E-state index contributed by atoms with van der Waals surface area (Å²) in [5, 5.41) is 6.74. The molecule has 1 N–H and O–H groups in total. The van der Waals surface area contributed by atoms with Gasteiger partial charge in [-0.25, -0.2) is 0 Å². The van der Waals surface area contributed by atoms with Crippen molar-refractivity contribution in [1.29, 1.82) is 0 Å². The molecule has 1 aliphatic heterocycles. The van der Waals surface area contributed by atoms with Gasteiger partial charge < -0.3 is 10.2 Å². The van der Waals surface area contributed by atoms with Crippen LogP contribution in [0.25, 0.3) is 0 Å². The molecule has 1 saturated carbocycles. The summed E-state index contributed by atoms with van der Waals surface area (Å²) in [5.41, 5.74) is 1.47. The molecule has 0 saturated heterocycles. The lowest BCUT2D eigenvalue weighted by Gasteiger charge is -2.33. The molecule has 1 aromatic heterocycles. The van der Waals surface area contributed by atoms with Crippen molar-refractivity contribution in [2.75, 3.05) is 6.54 Å². The Kier molecular flexibility index (Phi) is 3.85. The van der Waals surface area contributed by atoms with E-state index in [1.165, 1.54) is 37.7 Å². The minimum absolute atomic E-state index is 0.620. The van der Waals surface area contributed by atoms with Crippen LogP contribution in [0.4, 0.5) is 0 Å². The third-order valence-corrected chi connectivity index (χ3v) is 5.43. The average molecular weight is 280 g/mol. The van der Waals surface area contributed by atoms with Gasteiger partial charge in [0.05, 0.1) is 0 Å². The Morgan fingerprint density at radius 3 is 3.00 bits per heavy atom. The Morgan fingerprint density at radius 2 is 2.17 bits per heavy atom. The van der Waals surface area contributed by atoms with Crippen molar-refractivity contribution >= 4 is 28.7 Å². The highest BCUT2D eigenvalue weighted by Crippen LogP contribution is 2.24. The summed E-state index contributed by atoms with van der Waals surface area (Å²) in [6, 6.07) is 2.87. The van der Waals surface area contributed by atoms with Gasteiger partial charge in [-0.15, -0.1) is 11.3 Å². The molecular formula is C14H20N2S2. The normalized spacial score (nSPS) is 20.6. The number of thiophene rings is 1. The first-order valence-corrected chi connectivity index (χ1v) is 8.22. The zero-order valence-electron chi connectivity index (χ0n) is 10.7. The van der Waals surface area contributed by atoms with E-state index >= 15 is 0 Å². The summed E-state index contributed by atoms with van der Waals surface area (Å²) in [5.74, 6) is 0. The standard InChI is InChI=1S/C14H20N2S2/c17-14(15-12-4-2-1-3-5-12)16-8-6-13-11(10-16)7-9-18-13/h7,9,12H,1-6,8,10H2,(H,15,17). The minimum Gasteiger partial charge on any atom is -0.360 e. The molecule has 0 spiro atoms. The summed E-state index contributed by atoms with van der Waals surface area (Å²) >= 11 is 7.46. The molecule has 0 radical (unpaired) electrons. The van der Waals surface area contributed by atoms with Gasteiger partial charge in [-0.1, -0.05) is 19.3 Å². The molecule has 4 heteroatoms. The van der Waals surface area contributed by atoms with Crippen molar-refractivity contribution in [2.45, 2.75) is 51.1 Å². The SMILES string of the molecule is S=C(NC1CCCCC1)N1CCc2sccc2C1. The molecule has 98 valence electrons. The number of nitrogens with zero attached hydrogens (tertiary/aromatic N) is 1. The zero-order valence-corrected chi connectivity index (χ0v) is 12.3. The fraction of sp³-hybridized carbons (Fsp3) is 0.643. The van der Waals surface area contributed by atoms with Crippen LogP contribution >= 0.6 is 23.6 Å². The van der Waals surface area contributed by atoms with E-state index in [2.05, 4.69) is 21.7 Å². The van der Waals surface area contributed by atoms with E-state index < -0.39 is 0 Å². The van der Waals surface area contributed by atoms with Crippen LogP contribution in [0.3, 0.4) is 0 Å². The number of hydrogen-bond acceptors (Lipinski definition) is 2. The largest absolute Gasteiger partial charge is 0.360 e. The van der Waals surface area contributed by atoms with Crippen molar-refractivity contribution in [3.05, 3.63) is 21.9 Å². The topological polar surface area (TPSA) is 15.3 Å². The molecule has 1 fully saturated rings. The quantitative estimate of drug-likeness (QED) is 0.795. The second kappa shape index (κ2) is 5.57. The van der Waals surface area contributed by atoms with Crippen LogP contribution in [0.15, 0.2) is 11.4 Å². The van der Waals surface area contributed by atoms with Gasteiger partial charge in [0.2, 0.25) is 0 Å². The third kappa shape index (κ3) is 2.69. The maximum Gasteiger partial charge on any atom is 0.169 e. The summed E-state index contributed by atoms with van der Waals surface area (Å²) in [4.78, 5) is 3.88. The van der Waals surface area contributed by atoms with Crippen molar-refractivity contribution in [3.63, 3.8) is 0 Å². The van der Waals surface area contributed by atoms with Gasteiger partial charge in [0, 0.05) is 24.0 Å². The van der Waals surface area contributed by atoms with Crippen molar-refractivity contribution < 1.29 is 0 Å². The summed E-state index contributed by atoms with van der Waals surface area (Å²) in [7, 11) is 0.